The normalized spacial score (nSPS) is 12.0. The van der Waals surface area contributed by atoms with Crippen LogP contribution in [0.15, 0.2) is 18.2 Å². The summed E-state index contributed by atoms with van der Waals surface area (Å²) >= 11 is 0. The fraction of sp³-hybridized carbons (Fsp3) is 0.455. The Hall–Kier alpha value is -0.570. The molecule has 3 N–H and O–H groups in total. The van der Waals surface area contributed by atoms with Gasteiger partial charge in [-0.1, -0.05) is 18.2 Å². The van der Waals surface area contributed by atoms with Gasteiger partial charge in [0.25, 0.3) is 0 Å². The smallest absolute Gasteiger partial charge is 0.0449 e. The Morgan fingerprint density at radius 2 is 1.93 bits per heavy atom. The van der Waals surface area contributed by atoms with Crippen LogP contribution in [0.1, 0.15) is 29.2 Å². The number of rotatable bonds is 3. The van der Waals surface area contributed by atoms with Crippen molar-refractivity contribution in [1.29, 1.82) is 0 Å². The van der Waals surface area contributed by atoms with Crippen molar-refractivity contribution in [2.45, 2.75) is 26.3 Å². The third kappa shape index (κ3) is 3.29. The largest absolute Gasteiger partial charge is 0.396 e. The van der Waals surface area contributed by atoms with Crippen LogP contribution < -0.4 is 5.73 Å². The van der Waals surface area contributed by atoms with Crippen molar-refractivity contribution in [3.8, 4) is 0 Å². The summed E-state index contributed by atoms with van der Waals surface area (Å²) in [5, 5.41) is 8.74. The molecule has 0 aromatic heterocycles. The van der Waals surface area contributed by atoms with Crippen molar-refractivity contribution in [1.82, 2.24) is 0 Å². The Kier molecular flexibility index (Phi) is 5.77. The highest BCUT2D eigenvalue weighted by Crippen LogP contribution is 2.17. The molecule has 0 saturated carbocycles. The van der Waals surface area contributed by atoms with Gasteiger partial charge < -0.3 is 10.8 Å². The highest BCUT2D eigenvalue weighted by Gasteiger charge is 2.05. The van der Waals surface area contributed by atoms with Gasteiger partial charge in [-0.05, 0) is 37.0 Å². The summed E-state index contributed by atoms with van der Waals surface area (Å²) in [5.41, 5.74) is 9.51. The predicted molar refractivity (Wildman–Crippen MR) is 61.8 cm³/mol. The van der Waals surface area contributed by atoms with E-state index in [1.165, 1.54) is 11.1 Å². The summed E-state index contributed by atoms with van der Waals surface area (Å²) in [6.07, 6.45) is 0.627. The number of aliphatic hydroxyl groups excluding tert-OH is 1. The van der Waals surface area contributed by atoms with Gasteiger partial charge >= 0.3 is 0 Å². The second-order valence-electron chi connectivity index (χ2n) is 3.46. The molecule has 0 heterocycles. The van der Waals surface area contributed by atoms with Gasteiger partial charge in [-0.15, -0.1) is 12.4 Å². The highest BCUT2D eigenvalue weighted by molar-refractivity contribution is 5.85. The van der Waals surface area contributed by atoms with Crippen LogP contribution in [0.4, 0.5) is 0 Å². The Morgan fingerprint density at radius 1 is 1.29 bits per heavy atom. The fourth-order valence-electron chi connectivity index (χ4n) is 1.30. The van der Waals surface area contributed by atoms with Crippen molar-refractivity contribution in [3.63, 3.8) is 0 Å². The summed E-state index contributed by atoms with van der Waals surface area (Å²) in [6.45, 7) is 4.30. The molecular weight excluding hydrogens is 198 g/mol. The van der Waals surface area contributed by atoms with E-state index in [-0.39, 0.29) is 25.1 Å². The molecule has 1 aromatic rings. The monoisotopic (exact) mass is 215 g/mol. The molecule has 1 atom stereocenters. The molecule has 1 rings (SSSR count). The van der Waals surface area contributed by atoms with Crippen LogP contribution in [-0.4, -0.2) is 11.7 Å². The van der Waals surface area contributed by atoms with Crippen molar-refractivity contribution in [2.75, 3.05) is 6.61 Å². The van der Waals surface area contributed by atoms with E-state index in [9.17, 15) is 0 Å². The lowest BCUT2D eigenvalue weighted by atomic mass is 10.00. The zero-order valence-corrected chi connectivity index (χ0v) is 9.47. The van der Waals surface area contributed by atoms with Gasteiger partial charge in [-0.25, -0.2) is 0 Å². The van der Waals surface area contributed by atoms with Crippen molar-refractivity contribution < 1.29 is 5.11 Å². The molecule has 0 unspecified atom stereocenters. The maximum atomic E-state index is 8.74. The number of aliphatic hydroxyl groups is 1. The first kappa shape index (κ1) is 13.4. The summed E-state index contributed by atoms with van der Waals surface area (Å²) in [5.74, 6) is 0. The molecule has 0 spiro atoms. The zero-order valence-electron chi connectivity index (χ0n) is 8.66. The van der Waals surface area contributed by atoms with Crippen molar-refractivity contribution in [2.24, 2.45) is 5.73 Å². The van der Waals surface area contributed by atoms with Gasteiger partial charge in [0.05, 0.1) is 0 Å². The van der Waals surface area contributed by atoms with E-state index in [0.29, 0.717) is 6.42 Å². The van der Waals surface area contributed by atoms with Crippen LogP contribution in [0.3, 0.4) is 0 Å². The lowest BCUT2D eigenvalue weighted by molar-refractivity contribution is 0.276. The summed E-state index contributed by atoms with van der Waals surface area (Å²) in [6, 6.07) is 6.16. The maximum absolute atomic E-state index is 8.74. The first-order chi connectivity index (χ1) is 6.15. The Bertz CT molecular complexity index is 289. The van der Waals surface area contributed by atoms with E-state index in [1.54, 1.807) is 0 Å². The molecule has 2 nitrogen and oxygen atoms in total. The maximum Gasteiger partial charge on any atom is 0.0449 e. The molecular formula is C11H18ClNO. The van der Waals surface area contributed by atoms with Crippen LogP contribution in [0.2, 0.25) is 0 Å². The minimum Gasteiger partial charge on any atom is -0.396 e. The summed E-state index contributed by atoms with van der Waals surface area (Å²) in [4.78, 5) is 0. The minimum absolute atomic E-state index is 0. The highest BCUT2D eigenvalue weighted by atomic mass is 35.5. The van der Waals surface area contributed by atoms with E-state index in [1.807, 2.05) is 6.07 Å². The molecule has 0 saturated heterocycles. The lowest BCUT2D eigenvalue weighted by Gasteiger charge is -2.11. The number of benzene rings is 1. The van der Waals surface area contributed by atoms with Crippen LogP contribution in [0.25, 0.3) is 0 Å². The average Bonchev–Trinajstić information content (AvgIpc) is 2.10. The van der Waals surface area contributed by atoms with Gasteiger partial charge in [0.2, 0.25) is 0 Å². The summed E-state index contributed by atoms with van der Waals surface area (Å²) < 4.78 is 0. The Balaban J connectivity index is 0.00000169. The molecule has 0 aliphatic rings. The van der Waals surface area contributed by atoms with Gasteiger partial charge in [0.1, 0.15) is 0 Å². The lowest BCUT2D eigenvalue weighted by Crippen LogP contribution is -2.12. The Morgan fingerprint density at radius 3 is 2.43 bits per heavy atom. The summed E-state index contributed by atoms with van der Waals surface area (Å²) in [7, 11) is 0. The standard InChI is InChI=1S/C11H17NO.ClH/c1-8-3-4-10(7-9(8)2)11(12)5-6-13;/h3-4,7,11,13H,5-6,12H2,1-2H3;1H/t11-;/m1./s1. The van der Waals surface area contributed by atoms with E-state index in [2.05, 4.69) is 26.0 Å². The van der Waals surface area contributed by atoms with E-state index < -0.39 is 0 Å². The van der Waals surface area contributed by atoms with Crippen LogP contribution in [0, 0.1) is 13.8 Å². The SMILES string of the molecule is Cc1ccc([C@H](N)CCO)cc1C.Cl. The number of hydrogen-bond donors (Lipinski definition) is 2. The molecule has 0 bridgehead atoms. The first-order valence-corrected chi connectivity index (χ1v) is 4.58. The average molecular weight is 216 g/mol. The van der Waals surface area contributed by atoms with Gasteiger partial charge in [-0.3, -0.25) is 0 Å². The number of halogens is 1. The molecule has 0 fully saturated rings. The van der Waals surface area contributed by atoms with Crippen LogP contribution >= 0.6 is 12.4 Å². The number of hydrogen-bond acceptors (Lipinski definition) is 2. The fourth-order valence-corrected chi connectivity index (χ4v) is 1.30. The third-order valence-electron chi connectivity index (χ3n) is 2.40. The third-order valence-corrected chi connectivity index (χ3v) is 2.40. The predicted octanol–water partition coefficient (Wildman–Crippen LogP) is 2.11. The number of nitrogens with two attached hydrogens (primary N) is 1. The molecule has 0 radical (unpaired) electrons. The van der Waals surface area contributed by atoms with Crippen molar-refractivity contribution in [3.05, 3.63) is 34.9 Å². The molecule has 0 aliphatic heterocycles. The van der Waals surface area contributed by atoms with Gasteiger partial charge in [0, 0.05) is 12.6 Å². The van der Waals surface area contributed by atoms with Gasteiger partial charge in [-0.2, -0.15) is 0 Å². The zero-order chi connectivity index (χ0) is 9.84. The first-order valence-electron chi connectivity index (χ1n) is 4.58. The molecule has 1 aromatic carbocycles. The van der Waals surface area contributed by atoms with Crippen LogP contribution in [0.5, 0.6) is 0 Å². The van der Waals surface area contributed by atoms with Crippen molar-refractivity contribution >= 4 is 12.4 Å². The molecule has 80 valence electrons. The molecule has 3 heteroatoms. The number of aryl methyl sites for hydroxylation is 2. The Labute approximate surface area is 91.5 Å². The molecule has 0 aliphatic carbocycles. The molecule has 0 amide bonds. The van der Waals surface area contributed by atoms with Gasteiger partial charge in [0.15, 0.2) is 0 Å². The van der Waals surface area contributed by atoms with Crippen LogP contribution in [-0.2, 0) is 0 Å². The minimum atomic E-state index is -0.0377. The van der Waals surface area contributed by atoms with E-state index in [0.717, 1.165) is 5.56 Å². The van der Waals surface area contributed by atoms with E-state index in [4.69, 9.17) is 10.8 Å². The second-order valence-corrected chi connectivity index (χ2v) is 3.46. The second kappa shape index (κ2) is 6.02. The van der Waals surface area contributed by atoms with E-state index >= 15 is 0 Å². The topological polar surface area (TPSA) is 46.2 Å². The molecule has 14 heavy (non-hydrogen) atoms. The quantitative estimate of drug-likeness (QED) is 0.812.